The van der Waals surface area contributed by atoms with Gasteiger partial charge in [-0.1, -0.05) is 113 Å². The fraction of sp³-hybridized carbons (Fsp3) is 0.676. The summed E-state index contributed by atoms with van der Waals surface area (Å²) in [5, 5.41) is 2.18. The van der Waals surface area contributed by atoms with Gasteiger partial charge in [0.05, 0.1) is 22.4 Å². The van der Waals surface area contributed by atoms with Crippen molar-refractivity contribution in [3.8, 4) is 11.1 Å². The Labute approximate surface area is 291 Å². The third-order valence-corrected chi connectivity index (χ3v) is 12.3. The summed E-state index contributed by atoms with van der Waals surface area (Å²) in [4.78, 5) is 0. The van der Waals surface area contributed by atoms with Gasteiger partial charge in [0, 0.05) is 16.6 Å². The van der Waals surface area contributed by atoms with E-state index in [1.807, 2.05) is 0 Å². The largest absolute Gasteiger partial charge is 0.494 e. The van der Waals surface area contributed by atoms with Gasteiger partial charge in [-0.3, -0.25) is 0 Å². The Hall–Kier alpha value is -0.630. The van der Waals surface area contributed by atoms with Crippen LogP contribution in [0.25, 0.3) is 11.1 Å². The summed E-state index contributed by atoms with van der Waals surface area (Å²) in [5.41, 5.74) is 6.31. The summed E-state index contributed by atoms with van der Waals surface area (Å²) in [5.74, 6) is 0.335. The summed E-state index contributed by atoms with van der Waals surface area (Å²) in [7, 11) is -0.712. The quantitative estimate of drug-likeness (QED) is 0.104. The highest BCUT2D eigenvalue weighted by atomic mass is 79.9. The minimum absolute atomic E-state index is 0.318. The van der Waals surface area contributed by atoms with Crippen molar-refractivity contribution in [1.29, 1.82) is 0 Å². The zero-order chi connectivity index (χ0) is 32.5. The first-order valence-electron chi connectivity index (χ1n) is 17.4. The van der Waals surface area contributed by atoms with E-state index >= 15 is 0 Å². The van der Waals surface area contributed by atoms with Crippen molar-refractivity contribution in [2.75, 3.05) is 10.7 Å². The average Bonchev–Trinajstić information content (AvgIpc) is 3.51. The molecule has 2 heterocycles. The summed E-state index contributed by atoms with van der Waals surface area (Å²) < 4.78 is 26.5. The highest BCUT2D eigenvalue weighted by Crippen LogP contribution is 2.48. The fourth-order valence-electron chi connectivity index (χ4n) is 7.15. The third kappa shape index (κ3) is 7.52. The highest BCUT2D eigenvalue weighted by Gasteiger charge is 2.54. The van der Waals surface area contributed by atoms with Crippen LogP contribution in [0.5, 0.6) is 0 Å². The van der Waals surface area contributed by atoms with E-state index in [-0.39, 0.29) is 36.6 Å². The predicted octanol–water partition coefficient (Wildman–Crippen LogP) is 9.46. The van der Waals surface area contributed by atoms with Crippen LogP contribution < -0.4 is 10.9 Å². The lowest BCUT2D eigenvalue weighted by molar-refractivity contribution is -0.0172. The smallest absolute Gasteiger partial charge is 0.399 e. The molecule has 0 spiro atoms. The zero-order valence-corrected chi connectivity index (χ0v) is 31.9. The number of halogens is 2. The monoisotopic (exact) mass is 742 g/mol. The van der Waals surface area contributed by atoms with Crippen molar-refractivity contribution in [2.24, 2.45) is 0 Å². The molecule has 2 aliphatic heterocycles. The van der Waals surface area contributed by atoms with Crippen LogP contribution in [0, 0.1) is 0 Å². The van der Waals surface area contributed by atoms with Gasteiger partial charge in [-0.05, 0) is 107 Å². The molecule has 2 aromatic rings. The summed E-state index contributed by atoms with van der Waals surface area (Å²) >= 11 is 7.15. The van der Waals surface area contributed by atoms with Crippen molar-refractivity contribution >= 4 is 57.0 Å². The molecule has 0 saturated carbocycles. The number of hydrogen-bond acceptors (Lipinski definition) is 4. The van der Waals surface area contributed by atoms with E-state index in [2.05, 4.69) is 117 Å². The lowest BCUT2D eigenvalue weighted by Gasteiger charge is -2.36. The van der Waals surface area contributed by atoms with Crippen LogP contribution in [-0.2, 0) is 18.6 Å². The maximum atomic E-state index is 6.83. The van der Waals surface area contributed by atoms with Gasteiger partial charge in [-0.15, -0.1) is 0 Å². The molecule has 45 heavy (non-hydrogen) atoms. The van der Waals surface area contributed by atoms with Crippen LogP contribution in [0.15, 0.2) is 36.4 Å². The predicted molar refractivity (Wildman–Crippen MR) is 198 cm³/mol. The number of alkyl halides is 2. The van der Waals surface area contributed by atoms with Crippen molar-refractivity contribution in [3.05, 3.63) is 47.5 Å². The molecule has 2 unspecified atom stereocenters. The van der Waals surface area contributed by atoms with Crippen LogP contribution in [-0.4, -0.2) is 47.3 Å². The van der Waals surface area contributed by atoms with Gasteiger partial charge >= 0.3 is 14.2 Å². The maximum Gasteiger partial charge on any atom is 0.494 e. The van der Waals surface area contributed by atoms with Gasteiger partial charge in [0.2, 0.25) is 0 Å². The van der Waals surface area contributed by atoms with Crippen LogP contribution in [0.4, 0.5) is 0 Å². The molecule has 1 aliphatic carbocycles. The van der Waals surface area contributed by atoms with Gasteiger partial charge in [0.25, 0.3) is 0 Å². The van der Waals surface area contributed by atoms with Crippen molar-refractivity contribution in [1.82, 2.24) is 0 Å². The number of benzene rings is 2. The Morgan fingerprint density at radius 3 is 1.53 bits per heavy atom. The van der Waals surface area contributed by atoms with Gasteiger partial charge in [0.1, 0.15) is 0 Å². The standard InChI is InChI=1S/C37H54B2Br2O4/c1-34(2)35(3,4)43-38(42-34)27-18-20-30-31-21-19-28(26-33(31)29(32(30)25-27)17-13-9-12-16-24-41)39-44-36(5,6)37(7,45-39)22-14-10-8-11-15-23-40/h18-21,25-26,29H,8-17,22-24H2,1-7H3. The highest BCUT2D eigenvalue weighted by molar-refractivity contribution is 9.09. The Kier molecular flexibility index (Phi) is 11.5. The molecule has 3 aliphatic rings. The van der Waals surface area contributed by atoms with E-state index in [0.717, 1.165) is 34.4 Å². The summed E-state index contributed by atoms with van der Waals surface area (Å²) in [6.45, 7) is 15.2. The lowest BCUT2D eigenvalue weighted by Crippen LogP contribution is -2.44. The second kappa shape index (κ2) is 14.5. The SMILES string of the molecule is CC1(C)OB(c2ccc3c(c2)C(CCCCCCBr)c2cc(B4OC(C)(C)C(C)(CCCCCCCBr)O4)ccc2-3)OC1(C)C. The van der Waals surface area contributed by atoms with E-state index in [4.69, 9.17) is 18.6 Å². The van der Waals surface area contributed by atoms with Crippen molar-refractivity contribution in [2.45, 2.75) is 147 Å². The van der Waals surface area contributed by atoms with E-state index in [1.165, 1.54) is 80.0 Å². The number of hydrogen-bond donors (Lipinski definition) is 0. The Bertz CT molecular complexity index is 1300. The fourth-order valence-corrected chi connectivity index (χ4v) is 7.95. The van der Waals surface area contributed by atoms with Gasteiger partial charge in [-0.25, -0.2) is 0 Å². The Morgan fingerprint density at radius 1 is 0.556 bits per heavy atom. The molecule has 8 heteroatoms. The van der Waals surface area contributed by atoms with Gasteiger partial charge < -0.3 is 18.6 Å². The second-order valence-corrected chi connectivity index (χ2v) is 16.8. The first kappa shape index (κ1) is 35.7. The van der Waals surface area contributed by atoms with Crippen LogP contribution in [0.1, 0.15) is 136 Å². The van der Waals surface area contributed by atoms with E-state index in [1.54, 1.807) is 0 Å². The number of rotatable bonds is 15. The molecule has 0 bridgehead atoms. The molecule has 2 fully saturated rings. The van der Waals surface area contributed by atoms with E-state index in [0.29, 0.717) is 5.92 Å². The summed E-state index contributed by atoms with van der Waals surface area (Å²) in [6.07, 6.45) is 13.3. The second-order valence-electron chi connectivity index (χ2n) is 15.2. The molecule has 2 aromatic carbocycles. The molecule has 4 nitrogen and oxygen atoms in total. The minimum Gasteiger partial charge on any atom is -0.399 e. The molecular formula is C37H54B2Br2O4. The zero-order valence-electron chi connectivity index (χ0n) is 28.8. The van der Waals surface area contributed by atoms with Gasteiger partial charge in [0.15, 0.2) is 0 Å². The van der Waals surface area contributed by atoms with Crippen molar-refractivity contribution < 1.29 is 18.6 Å². The normalized spacial score (nSPS) is 24.3. The molecule has 0 amide bonds. The summed E-state index contributed by atoms with van der Waals surface area (Å²) in [6, 6.07) is 13.8. The lowest BCUT2D eigenvalue weighted by atomic mass is 9.76. The van der Waals surface area contributed by atoms with Crippen LogP contribution >= 0.6 is 31.9 Å². The average molecular weight is 744 g/mol. The number of unbranched alkanes of at least 4 members (excludes halogenated alkanes) is 7. The topological polar surface area (TPSA) is 36.9 Å². The minimum atomic E-state index is -0.361. The third-order valence-electron chi connectivity index (χ3n) is 11.2. The van der Waals surface area contributed by atoms with E-state index < -0.39 is 0 Å². The van der Waals surface area contributed by atoms with Gasteiger partial charge in [-0.2, -0.15) is 0 Å². The van der Waals surface area contributed by atoms with Crippen LogP contribution in [0.2, 0.25) is 0 Å². The first-order valence-corrected chi connectivity index (χ1v) is 19.7. The van der Waals surface area contributed by atoms with Crippen LogP contribution in [0.3, 0.4) is 0 Å². The molecule has 246 valence electrons. The van der Waals surface area contributed by atoms with E-state index in [9.17, 15) is 0 Å². The molecule has 0 aromatic heterocycles. The molecule has 2 saturated heterocycles. The molecular weight excluding hydrogens is 690 g/mol. The number of fused-ring (bicyclic) bond motifs is 3. The molecule has 2 atom stereocenters. The molecule has 5 rings (SSSR count). The Morgan fingerprint density at radius 2 is 1.00 bits per heavy atom. The molecule has 0 N–H and O–H groups in total. The van der Waals surface area contributed by atoms with Crippen molar-refractivity contribution in [3.63, 3.8) is 0 Å². The molecule has 0 radical (unpaired) electrons. The maximum absolute atomic E-state index is 6.83. The Balaban J connectivity index is 1.37. The first-order chi connectivity index (χ1) is 21.3.